The van der Waals surface area contributed by atoms with Crippen LogP contribution in [0.5, 0.6) is 0 Å². The summed E-state index contributed by atoms with van der Waals surface area (Å²) in [5, 5.41) is 28.8. The molecule has 0 aliphatic rings. The molecular formula is C29H24F3N10O3-. The number of carboxylic acid groups (broad SMARTS) is 1. The van der Waals surface area contributed by atoms with E-state index in [2.05, 4.69) is 31.6 Å². The molecule has 0 aliphatic heterocycles. The number of guanidine groups is 1. The van der Waals surface area contributed by atoms with Gasteiger partial charge in [-0.1, -0.05) is 12.1 Å². The van der Waals surface area contributed by atoms with E-state index >= 15 is 0 Å². The molecule has 0 saturated heterocycles. The zero-order valence-corrected chi connectivity index (χ0v) is 23.5. The first kappa shape index (κ1) is 31.7. The predicted molar refractivity (Wildman–Crippen MR) is 155 cm³/mol. The number of benzene rings is 2. The van der Waals surface area contributed by atoms with E-state index < -0.39 is 24.1 Å². The second-order valence-corrected chi connectivity index (χ2v) is 9.31. The fourth-order valence-corrected chi connectivity index (χ4v) is 4.48. The number of amides is 1. The summed E-state index contributed by atoms with van der Waals surface area (Å²) in [6, 6.07) is 15.5. The van der Waals surface area contributed by atoms with Crippen LogP contribution >= 0.6 is 0 Å². The van der Waals surface area contributed by atoms with Crippen LogP contribution in [0.25, 0.3) is 33.7 Å². The third kappa shape index (κ3) is 7.22. The number of alkyl halides is 3. The highest BCUT2D eigenvalue weighted by atomic mass is 19.4. The lowest BCUT2D eigenvalue weighted by molar-refractivity contribution is -0.283. The van der Waals surface area contributed by atoms with Crippen molar-refractivity contribution in [3.8, 4) is 34.1 Å². The minimum Gasteiger partial charge on any atom is -0.554 e. The molecule has 5 aromatic rings. The molecule has 1 amide bonds. The lowest BCUT2D eigenvalue weighted by Crippen LogP contribution is -2.23. The Hall–Kier alpha value is -6.24. The second-order valence-electron chi connectivity index (χ2n) is 9.31. The molecule has 16 heteroatoms. The van der Waals surface area contributed by atoms with Crippen molar-refractivity contribution in [3.05, 3.63) is 83.7 Å². The van der Waals surface area contributed by atoms with Gasteiger partial charge in [0, 0.05) is 30.2 Å². The van der Waals surface area contributed by atoms with Gasteiger partial charge in [-0.15, -0.1) is 5.10 Å². The first-order valence-corrected chi connectivity index (χ1v) is 13.0. The lowest BCUT2D eigenvalue weighted by Gasteiger charge is -2.16. The van der Waals surface area contributed by atoms with Crippen molar-refractivity contribution >= 4 is 29.9 Å². The number of hydrogen-bond donors (Lipinski definition) is 3. The summed E-state index contributed by atoms with van der Waals surface area (Å²) < 4.78 is 44.0. The number of fused-ring (bicyclic) bond motifs is 1. The predicted octanol–water partition coefficient (Wildman–Crippen LogP) is 2.42. The Bertz CT molecular complexity index is 1920. The molecule has 0 radical (unpaired) electrons. The van der Waals surface area contributed by atoms with Crippen LogP contribution in [0.2, 0.25) is 0 Å². The number of carbonyl (C=O) groups is 2. The molecule has 0 saturated carbocycles. The molecular weight excluding hydrogens is 593 g/mol. The highest BCUT2D eigenvalue weighted by Crippen LogP contribution is 2.38. The Labute approximate surface area is 253 Å². The number of carbonyl (C=O) groups excluding carboxylic acids is 2. The summed E-state index contributed by atoms with van der Waals surface area (Å²) in [5.41, 5.74) is 13.6. The summed E-state index contributed by atoms with van der Waals surface area (Å²) in [4.78, 5) is 28.9. The SMILES string of the molecule is Cc1c(-c2ccnn2-c2ccc(C#N)cc2)cn2nc(NC(=O)CCN=C(N)N)nc2c1-c1cccc(C(F)(F)F)c1.O=C[O-]. The Kier molecular flexibility index (Phi) is 9.42. The monoisotopic (exact) mass is 617 g/mol. The number of halogens is 3. The highest BCUT2D eigenvalue weighted by molar-refractivity contribution is 5.91. The van der Waals surface area contributed by atoms with Gasteiger partial charge in [-0.25, -0.2) is 9.20 Å². The number of nitriles is 1. The van der Waals surface area contributed by atoms with Crippen LogP contribution in [0.1, 0.15) is 23.1 Å². The van der Waals surface area contributed by atoms with Gasteiger partial charge in [-0.05, 0) is 60.5 Å². The van der Waals surface area contributed by atoms with Crippen LogP contribution in [-0.2, 0) is 15.8 Å². The van der Waals surface area contributed by atoms with Crippen LogP contribution in [0.15, 0.2) is 72.0 Å². The summed E-state index contributed by atoms with van der Waals surface area (Å²) in [6.45, 7) is 1.32. The number of aliphatic imine (C=N–C) groups is 1. The van der Waals surface area contributed by atoms with Crippen molar-refractivity contribution in [2.24, 2.45) is 16.5 Å². The van der Waals surface area contributed by atoms with Crippen LogP contribution in [0, 0.1) is 18.3 Å². The average molecular weight is 618 g/mol. The van der Waals surface area contributed by atoms with Crippen molar-refractivity contribution in [2.75, 3.05) is 11.9 Å². The summed E-state index contributed by atoms with van der Waals surface area (Å²) in [6.07, 6.45) is -1.35. The molecule has 5 N–H and O–H groups in total. The Morgan fingerprint density at radius 3 is 2.53 bits per heavy atom. The maximum Gasteiger partial charge on any atom is 0.416 e. The molecule has 0 bridgehead atoms. The summed E-state index contributed by atoms with van der Waals surface area (Å²) in [5.74, 6) is -0.648. The summed E-state index contributed by atoms with van der Waals surface area (Å²) in [7, 11) is 0. The third-order valence-electron chi connectivity index (χ3n) is 6.41. The van der Waals surface area contributed by atoms with E-state index in [0.29, 0.717) is 33.6 Å². The maximum atomic E-state index is 13.7. The number of nitrogens with zero attached hydrogens (tertiary/aromatic N) is 7. The zero-order chi connectivity index (χ0) is 32.7. The number of hydrogen-bond acceptors (Lipinski definition) is 8. The number of nitrogens with two attached hydrogens (primary N) is 2. The van der Waals surface area contributed by atoms with Crippen LogP contribution in [0.3, 0.4) is 0 Å². The van der Waals surface area contributed by atoms with Crippen molar-refractivity contribution in [3.63, 3.8) is 0 Å². The molecule has 0 fully saturated rings. The average Bonchev–Trinajstić information content (AvgIpc) is 3.63. The molecule has 2 aromatic carbocycles. The Morgan fingerprint density at radius 1 is 1.18 bits per heavy atom. The normalized spacial score (nSPS) is 10.8. The first-order chi connectivity index (χ1) is 21.5. The number of nitrogens with one attached hydrogen (secondary N) is 1. The fourth-order valence-electron chi connectivity index (χ4n) is 4.48. The van der Waals surface area contributed by atoms with Crippen LogP contribution in [0.4, 0.5) is 19.1 Å². The van der Waals surface area contributed by atoms with Gasteiger partial charge in [-0.2, -0.15) is 28.5 Å². The Morgan fingerprint density at radius 2 is 1.89 bits per heavy atom. The van der Waals surface area contributed by atoms with Gasteiger partial charge in [-0.3, -0.25) is 15.1 Å². The van der Waals surface area contributed by atoms with E-state index in [4.69, 9.17) is 26.6 Å². The van der Waals surface area contributed by atoms with Gasteiger partial charge < -0.3 is 21.4 Å². The lowest BCUT2D eigenvalue weighted by atomic mass is 9.95. The van der Waals surface area contributed by atoms with E-state index in [-0.39, 0.29) is 36.1 Å². The molecule has 0 spiro atoms. The van der Waals surface area contributed by atoms with Gasteiger partial charge in [0.1, 0.15) is 0 Å². The van der Waals surface area contributed by atoms with Gasteiger partial charge >= 0.3 is 6.18 Å². The molecule has 0 aliphatic carbocycles. The number of pyridine rings is 1. The zero-order valence-electron chi connectivity index (χ0n) is 23.5. The molecule has 3 heterocycles. The van der Waals surface area contributed by atoms with E-state index in [1.807, 2.05) is 0 Å². The molecule has 230 valence electrons. The van der Waals surface area contributed by atoms with Crippen molar-refractivity contribution in [1.29, 1.82) is 5.26 Å². The van der Waals surface area contributed by atoms with Crippen LogP contribution < -0.4 is 21.9 Å². The molecule has 0 unspecified atom stereocenters. The van der Waals surface area contributed by atoms with E-state index in [1.165, 1.54) is 10.6 Å². The van der Waals surface area contributed by atoms with E-state index in [0.717, 1.165) is 12.1 Å². The van der Waals surface area contributed by atoms with E-state index in [1.54, 1.807) is 60.4 Å². The minimum atomic E-state index is -4.56. The van der Waals surface area contributed by atoms with Crippen molar-refractivity contribution in [1.82, 2.24) is 24.4 Å². The van der Waals surface area contributed by atoms with Crippen LogP contribution in [-0.4, -0.2) is 49.3 Å². The minimum absolute atomic E-state index is 0.0397. The number of aromatic nitrogens is 5. The number of rotatable bonds is 7. The maximum absolute atomic E-state index is 13.7. The molecule has 13 nitrogen and oxygen atoms in total. The van der Waals surface area contributed by atoms with Gasteiger partial charge in [0.25, 0.3) is 0 Å². The van der Waals surface area contributed by atoms with Gasteiger partial charge in [0.05, 0.1) is 41.3 Å². The standard InChI is InChI=1S/C28H23F3N10O.CH2O2/c1-16-21(22-9-12-36-41(22)20-7-5-17(14-32)6-8-20)15-40-25(24(16)18-3-2-4-19(13-18)28(29,30)31)38-27(39-40)37-23(42)10-11-35-26(33)34;2-1-3/h2-9,12-13,15H,10-11H2,1H3,(H4,33,34,35)(H,37,39,42);1H,(H,2,3)/p-1. The van der Waals surface area contributed by atoms with E-state index in [9.17, 15) is 18.0 Å². The highest BCUT2D eigenvalue weighted by Gasteiger charge is 2.31. The quantitative estimate of drug-likeness (QED) is 0.139. The Balaban J connectivity index is 0.00000148. The number of anilines is 1. The topological polar surface area (TPSA) is 205 Å². The molecule has 5 rings (SSSR count). The van der Waals surface area contributed by atoms with Crippen molar-refractivity contribution in [2.45, 2.75) is 19.5 Å². The van der Waals surface area contributed by atoms with Crippen molar-refractivity contribution < 1.29 is 27.9 Å². The van der Waals surface area contributed by atoms with Gasteiger partial charge in [0.15, 0.2) is 11.6 Å². The second kappa shape index (κ2) is 13.4. The molecule has 3 aromatic heterocycles. The van der Waals surface area contributed by atoms with Gasteiger partial charge in [0.2, 0.25) is 11.9 Å². The smallest absolute Gasteiger partial charge is 0.416 e. The molecule has 45 heavy (non-hydrogen) atoms. The molecule has 0 atom stereocenters. The fraction of sp³-hybridized carbons (Fsp3) is 0.138. The first-order valence-electron chi connectivity index (χ1n) is 13.0. The third-order valence-corrected chi connectivity index (χ3v) is 6.41. The largest absolute Gasteiger partial charge is 0.554 e. The summed E-state index contributed by atoms with van der Waals surface area (Å²) >= 11 is 0.